The summed E-state index contributed by atoms with van der Waals surface area (Å²) in [5, 5.41) is 5.39. The van der Waals surface area contributed by atoms with E-state index in [4.69, 9.17) is 0 Å². The number of fused-ring (bicyclic) bond motifs is 1. The lowest BCUT2D eigenvalue weighted by Gasteiger charge is -2.09. The van der Waals surface area contributed by atoms with E-state index in [1.54, 1.807) is 11.3 Å². The first kappa shape index (κ1) is 16.9. The Bertz CT molecular complexity index is 937. The zero-order valence-corrected chi connectivity index (χ0v) is 15.5. The summed E-state index contributed by atoms with van der Waals surface area (Å²) in [6, 6.07) is 4.06. The second-order valence-corrected chi connectivity index (χ2v) is 8.26. The first-order valence-corrected chi connectivity index (χ1v) is 9.45. The summed E-state index contributed by atoms with van der Waals surface area (Å²) in [6.45, 7) is 6.69. The Morgan fingerprint density at radius 3 is 2.83 bits per heavy atom. The van der Waals surface area contributed by atoms with Gasteiger partial charge in [0.25, 0.3) is 5.56 Å². The van der Waals surface area contributed by atoms with Crippen molar-refractivity contribution in [2.75, 3.05) is 6.54 Å². The molecule has 0 saturated heterocycles. The Morgan fingerprint density at radius 2 is 2.17 bits per heavy atom. The minimum Gasteiger partial charge on any atom is -0.354 e. The van der Waals surface area contributed by atoms with Crippen LogP contribution in [0.25, 0.3) is 20.7 Å². The summed E-state index contributed by atoms with van der Waals surface area (Å²) < 4.78 is 1.38. The Kier molecular flexibility index (Phi) is 4.82. The molecule has 5 nitrogen and oxygen atoms in total. The molecule has 3 aromatic heterocycles. The molecule has 1 amide bonds. The number of carbonyl (C=O) groups is 1. The Balaban J connectivity index is 1.95. The molecule has 3 aromatic rings. The molecule has 0 aliphatic carbocycles. The van der Waals surface area contributed by atoms with Gasteiger partial charge >= 0.3 is 0 Å². The fraction of sp³-hybridized carbons (Fsp3) is 0.353. The van der Waals surface area contributed by atoms with Crippen LogP contribution in [0, 0.1) is 12.8 Å². The molecule has 24 heavy (non-hydrogen) atoms. The van der Waals surface area contributed by atoms with Crippen molar-refractivity contribution >= 4 is 38.8 Å². The van der Waals surface area contributed by atoms with Crippen LogP contribution in [0.1, 0.15) is 18.7 Å². The van der Waals surface area contributed by atoms with E-state index in [0.29, 0.717) is 22.7 Å². The quantitative estimate of drug-likeness (QED) is 0.758. The average Bonchev–Trinajstić information content (AvgIpc) is 3.14. The Morgan fingerprint density at radius 1 is 1.38 bits per heavy atom. The van der Waals surface area contributed by atoms with Gasteiger partial charge < -0.3 is 5.32 Å². The standard InChI is InChI=1S/C17H19N3O2S2/c1-10(2)6-18-14(21)7-20-9-19-16-15(17(20)22)12(8-23-16)13-5-4-11(3)24-13/h4-5,8-10H,6-7H2,1-3H3,(H,18,21). The molecule has 1 N–H and O–H groups in total. The van der Waals surface area contributed by atoms with Crippen molar-refractivity contribution in [1.82, 2.24) is 14.9 Å². The average molecular weight is 361 g/mol. The van der Waals surface area contributed by atoms with Gasteiger partial charge in [-0.25, -0.2) is 4.98 Å². The molecule has 0 atom stereocenters. The third-order valence-electron chi connectivity index (χ3n) is 3.59. The largest absolute Gasteiger partial charge is 0.354 e. The number of carbonyl (C=O) groups excluding carboxylic acids is 1. The van der Waals surface area contributed by atoms with E-state index >= 15 is 0 Å². The molecule has 0 bridgehead atoms. The number of aromatic nitrogens is 2. The Hall–Kier alpha value is -1.99. The van der Waals surface area contributed by atoms with Crippen LogP contribution in [0.3, 0.4) is 0 Å². The molecule has 0 aliphatic rings. The zero-order valence-electron chi connectivity index (χ0n) is 13.8. The number of thiophene rings is 2. The van der Waals surface area contributed by atoms with E-state index < -0.39 is 0 Å². The molecule has 0 aliphatic heterocycles. The van der Waals surface area contributed by atoms with Gasteiger partial charge in [-0.1, -0.05) is 13.8 Å². The predicted octanol–water partition coefficient (Wildman–Crippen LogP) is 3.27. The molecular formula is C17H19N3O2S2. The smallest absolute Gasteiger partial charge is 0.263 e. The fourth-order valence-corrected chi connectivity index (χ4v) is 4.23. The summed E-state index contributed by atoms with van der Waals surface area (Å²) in [6.07, 6.45) is 1.46. The minimum atomic E-state index is -0.171. The highest BCUT2D eigenvalue weighted by Gasteiger charge is 2.15. The van der Waals surface area contributed by atoms with Crippen molar-refractivity contribution in [2.45, 2.75) is 27.3 Å². The monoisotopic (exact) mass is 361 g/mol. The number of hydrogen-bond donors (Lipinski definition) is 1. The van der Waals surface area contributed by atoms with Gasteiger partial charge in [0, 0.05) is 27.2 Å². The normalized spacial score (nSPS) is 11.3. The van der Waals surface area contributed by atoms with Gasteiger partial charge in [0.2, 0.25) is 5.91 Å². The van der Waals surface area contributed by atoms with E-state index in [1.165, 1.54) is 27.1 Å². The topological polar surface area (TPSA) is 64.0 Å². The molecule has 0 fully saturated rings. The van der Waals surface area contributed by atoms with Crippen molar-refractivity contribution in [1.29, 1.82) is 0 Å². The SMILES string of the molecule is Cc1ccc(-c2csc3ncn(CC(=O)NCC(C)C)c(=O)c23)s1. The third-order valence-corrected chi connectivity index (χ3v) is 5.51. The van der Waals surface area contributed by atoms with Crippen molar-refractivity contribution in [3.63, 3.8) is 0 Å². The highest BCUT2D eigenvalue weighted by Crippen LogP contribution is 2.34. The van der Waals surface area contributed by atoms with Crippen LogP contribution in [-0.4, -0.2) is 22.0 Å². The minimum absolute atomic E-state index is 0.00670. The van der Waals surface area contributed by atoms with Gasteiger partial charge in [-0.3, -0.25) is 14.2 Å². The van der Waals surface area contributed by atoms with E-state index in [2.05, 4.69) is 10.3 Å². The summed E-state index contributed by atoms with van der Waals surface area (Å²) in [5.74, 6) is 0.201. The van der Waals surface area contributed by atoms with E-state index in [1.807, 2.05) is 38.3 Å². The molecule has 3 heterocycles. The van der Waals surface area contributed by atoms with Gasteiger partial charge in [0.1, 0.15) is 11.4 Å². The molecule has 0 unspecified atom stereocenters. The van der Waals surface area contributed by atoms with Crippen LogP contribution in [-0.2, 0) is 11.3 Å². The number of rotatable bonds is 5. The van der Waals surface area contributed by atoms with Gasteiger partial charge in [-0.05, 0) is 25.0 Å². The van der Waals surface area contributed by atoms with Gasteiger partial charge in [-0.15, -0.1) is 22.7 Å². The summed E-state index contributed by atoms with van der Waals surface area (Å²) in [7, 11) is 0. The van der Waals surface area contributed by atoms with Crippen LogP contribution in [0.2, 0.25) is 0 Å². The maximum absolute atomic E-state index is 12.8. The van der Waals surface area contributed by atoms with Crippen molar-refractivity contribution in [2.24, 2.45) is 5.92 Å². The molecular weight excluding hydrogens is 342 g/mol. The number of hydrogen-bond acceptors (Lipinski definition) is 5. The van der Waals surface area contributed by atoms with Crippen LogP contribution < -0.4 is 10.9 Å². The molecule has 0 spiro atoms. The zero-order chi connectivity index (χ0) is 17.3. The lowest BCUT2D eigenvalue weighted by Crippen LogP contribution is -2.34. The maximum atomic E-state index is 12.8. The van der Waals surface area contributed by atoms with Crippen LogP contribution in [0.5, 0.6) is 0 Å². The number of nitrogens with one attached hydrogen (secondary N) is 1. The van der Waals surface area contributed by atoms with Crippen LogP contribution in [0.15, 0.2) is 28.6 Å². The second-order valence-electron chi connectivity index (χ2n) is 6.12. The fourth-order valence-electron chi connectivity index (χ4n) is 2.37. The van der Waals surface area contributed by atoms with Crippen LogP contribution >= 0.6 is 22.7 Å². The third kappa shape index (κ3) is 3.42. The first-order valence-electron chi connectivity index (χ1n) is 7.76. The molecule has 7 heteroatoms. The first-order chi connectivity index (χ1) is 11.5. The molecule has 126 valence electrons. The maximum Gasteiger partial charge on any atom is 0.263 e. The highest BCUT2D eigenvalue weighted by atomic mass is 32.1. The van der Waals surface area contributed by atoms with Gasteiger partial charge in [0.15, 0.2) is 0 Å². The molecule has 0 radical (unpaired) electrons. The highest BCUT2D eigenvalue weighted by molar-refractivity contribution is 7.19. The van der Waals surface area contributed by atoms with Gasteiger partial charge in [-0.2, -0.15) is 0 Å². The predicted molar refractivity (Wildman–Crippen MR) is 99.8 cm³/mol. The summed E-state index contributed by atoms with van der Waals surface area (Å²) in [4.78, 5) is 32.1. The van der Waals surface area contributed by atoms with E-state index in [-0.39, 0.29) is 18.0 Å². The number of amides is 1. The second kappa shape index (κ2) is 6.86. The number of aryl methyl sites for hydroxylation is 1. The van der Waals surface area contributed by atoms with E-state index in [0.717, 1.165) is 10.4 Å². The Labute approximate surface area is 148 Å². The number of nitrogens with zero attached hydrogens (tertiary/aromatic N) is 2. The molecule has 0 aromatic carbocycles. The van der Waals surface area contributed by atoms with Crippen LogP contribution in [0.4, 0.5) is 0 Å². The molecule has 3 rings (SSSR count). The van der Waals surface area contributed by atoms with Gasteiger partial charge in [0.05, 0.1) is 11.7 Å². The lowest BCUT2D eigenvalue weighted by molar-refractivity contribution is -0.121. The van der Waals surface area contributed by atoms with Crippen molar-refractivity contribution in [3.8, 4) is 10.4 Å². The molecule has 0 saturated carbocycles. The summed E-state index contributed by atoms with van der Waals surface area (Å²) >= 11 is 3.11. The van der Waals surface area contributed by atoms with Crippen molar-refractivity contribution in [3.05, 3.63) is 39.1 Å². The lowest BCUT2D eigenvalue weighted by atomic mass is 10.2. The van der Waals surface area contributed by atoms with Crippen molar-refractivity contribution < 1.29 is 4.79 Å². The van der Waals surface area contributed by atoms with E-state index in [9.17, 15) is 9.59 Å². The summed E-state index contributed by atoms with van der Waals surface area (Å²) in [5.41, 5.74) is 0.740.